The minimum absolute atomic E-state index is 0.0181. The van der Waals surface area contributed by atoms with Crippen molar-refractivity contribution in [1.82, 2.24) is 4.90 Å². The Morgan fingerprint density at radius 1 is 0.906 bits per heavy atom. The van der Waals surface area contributed by atoms with Crippen LogP contribution in [0.1, 0.15) is 6.42 Å². The lowest BCUT2D eigenvalue weighted by Gasteiger charge is -2.32. The molecule has 1 aliphatic rings. The Balaban J connectivity index is 1.36. The highest BCUT2D eigenvalue weighted by Gasteiger charge is 2.23. The fourth-order valence-electron chi connectivity index (χ4n) is 3.37. The van der Waals surface area contributed by atoms with Gasteiger partial charge in [0.1, 0.15) is 5.75 Å². The summed E-state index contributed by atoms with van der Waals surface area (Å²) in [5.74, 6) is 0.411. The number of fused-ring (bicyclic) bond motifs is 2. The van der Waals surface area contributed by atoms with E-state index >= 15 is 0 Å². The van der Waals surface area contributed by atoms with E-state index in [-0.39, 0.29) is 18.4 Å². The molecule has 0 saturated carbocycles. The maximum Gasteiger partial charge on any atom is 0.259 e. The highest BCUT2D eigenvalue weighted by molar-refractivity contribution is 7.99. The summed E-state index contributed by atoms with van der Waals surface area (Å²) in [5, 5.41) is 2.94. The van der Waals surface area contributed by atoms with Crippen molar-refractivity contribution in [2.45, 2.75) is 16.2 Å². The number of hydrogen-bond donors (Lipinski definition) is 1. The number of carbonyl (C=O) groups is 2. The van der Waals surface area contributed by atoms with E-state index in [0.29, 0.717) is 24.4 Å². The summed E-state index contributed by atoms with van der Waals surface area (Å²) in [7, 11) is 3.37. The van der Waals surface area contributed by atoms with E-state index in [9.17, 15) is 9.59 Å². The van der Waals surface area contributed by atoms with Crippen molar-refractivity contribution < 1.29 is 14.3 Å². The summed E-state index contributed by atoms with van der Waals surface area (Å²) in [5.41, 5.74) is 2.94. The van der Waals surface area contributed by atoms with Crippen LogP contribution in [-0.2, 0) is 9.59 Å². The fourth-order valence-corrected chi connectivity index (χ4v) is 4.46. The molecule has 4 rings (SSSR count). The van der Waals surface area contributed by atoms with Crippen LogP contribution in [0, 0.1) is 0 Å². The van der Waals surface area contributed by atoms with Gasteiger partial charge in [-0.15, -0.1) is 0 Å². The normalized spacial score (nSPS) is 11.9. The zero-order chi connectivity index (χ0) is 22.5. The summed E-state index contributed by atoms with van der Waals surface area (Å²) in [6.07, 6.45) is 0.350. The predicted molar refractivity (Wildman–Crippen MR) is 128 cm³/mol. The van der Waals surface area contributed by atoms with Crippen molar-refractivity contribution in [2.24, 2.45) is 0 Å². The van der Waals surface area contributed by atoms with Gasteiger partial charge in [0.05, 0.1) is 11.4 Å². The number of carbonyl (C=O) groups excluding carboxylic acids is 2. The third-order valence-electron chi connectivity index (χ3n) is 5.09. The maximum absolute atomic E-state index is 12.6. The molecule has 0 aromatic heterocycles. The van der Waals surface area contributed by atoms with Crippen LogP contribution >= 0.6 is 11.8 Å². The van der Waals surface area contributed by atoms with Gasteiger partial charge in [-0.05, 0) is 48.5 Å². The van der Waals surface area contributed by atoms with Gasteiger partial charge >= 0.3 is 0 Å². The second-order valence-electron chi connectivity index (χ2n) is 7.59. The van der Waals surface area contributed by atoms with E-state index in [1.165, 1.54) is 14.7 Å². The molecule has 0 spiro atoms. The lowest BCUT2D eigenvalue weighted by atomic mass is 10.2. The molecule has 6 nitrogen and oxygen atoms in total. The molecule has 1 heterocycles. The molecule has 32 heavy (non-hydrogen) atoms. The average molecular weight is 448 g/mol. The standard InChI is InChI=1S/C25H25N3O3S/c1-27(2)25(30)17-31-19-13-11-18(12-14-19)26-24(29)15-16-28-20-7-3-5-9-22(20)32-23-10-6-4-8-21(23)28/h3-14H,15-17H2,1-2H3,(H,26,29). The summed E-state index contributed by atoms with van der Waals surface area (Å²) in [4.78, 5) is 30.3. The van der Waals surface area contributed by atoms with Gasteiger partial charge in [0.25, 0.3) is 5.91 Å². The zero-order valence-electron chi connectivity index (χ0n) is 18.1. The summed E-state index contributed by atoms with van der Waals surface area (Å²) in [6.45, 7) is 0.560. The quantitative estimate of drug-likeness (QED) is 0.565. The Morgan fingerprint density at radius 3 is 2.09 bits per heavy atom. The summed E-state index contributed by atoms with van der Waals surface area (Å²) < 4.78 is 5.47. The number of likely N-dealkylation sites (N-methyl/N-ethyl adjacent to an activating group) is 1. The molecule has 7 heteroatoms. The van der Waals surface area contributed by atoms with Crippen molar-refractivity contribution in [3.05, 3.63) is 72.8 Å². The molecule has 1 aliphatic heterocycles. The minimum atomic E-state index is -0.110. The number of anilines is 3. The van der Waals surface area contributed by atoms with Gasteiger partial charge < -0.3 is 19.9 Å². The smallest absolute Gasteiger partial charge is 0.259 e. The van der Waals surface area contributed by atoms with E-state index in [1.54, 1.807) is 50.1 Å². The third-order valence-corrected chi connectivity index (χ3v) is 6.22. The highest BCUT2D eigenvalue weighted by atomic mass is 32.2. The molecule has 3 aromatic rings. The fraction of sp³-hybridized carbons (Fsp3) is 0.200. The average Bonchev–Trinajstić information content (AvgIpc) is 2.81. The van der Waals surface area contributed by atoms with Crippen molar-refractivity contribution in [3.63, 3.8) is 0 Å². The van der Waals surface area contributed by atoms with Gasteiger partial charge in [0.15, 0.2) is 6.61 Å². The number of benzene rings is 3. The van der Waals surface area contributed by atoms with E-state index in [1.807, 2.05) is 24.3 Å². The van der Waals surface area contributed by atoms with Crippen LogP contribution in [0.3, 0.4) is 0 Å². The SMILES string of the molecule is CN(C)C(=O)COc1ccc(NC(=O)CCN2c3ccccc3Sc3ccccc32)cc1. The second-order valence-corrected chi connectivity index (χ2v) is 8.67. The monoisotopic (exact) mass is 447 g/mol. The molecule has 0 bridgehead atoms. The number of para-hydroxylation sites is 2. The minimum Gasteiger partial charge on any atom is -0.484 e. The molecule has 0 atom stereocenters. The zero-order valence-corrected chi connectivity index (χ0v) is 18.9. The van der Waals surface area contributed by atoms with Crippen LogP contribution in [0.25, 0.3) is 0 Å². The first kappa shape index (κ1) is 21.8. The van der Waals surface area contributed by atoms with Crippen LogP contribution in [0.4, 0.5) is 17.1 Å². The van der Waals surface area contributed by atoms with Crippen molar-refractivity contribution >= 4 is 40.6 Å². The van der Waals surface area contributed by atoms with Gasteiger partial charge in [-0.3, -0.25) is 9.59 Å². The Labute approximate surface area is 192 Å². The van der Waals surface area contributed by atoms with E-state index in [0.717, 1.165) is 11.4 Å². The first-order valence-corrected chi connectivity index (χ1v) is 11.2. The molecule has 0 saturated heterocycles. The predicted octanol–water partition coefficient (Wildman–Crippen LogP) is 4.79. The molecule has 1 N–H and O–H groups in total. The van der Waals surface area contributed by atoms with E-state index in [2.05, 4.69) is 34.5 Å². The maximum atomic E-state index is 12.6. The summed E-state index contributed by atoms with van der Waals surface area (Å²) >= 11 is 1.75. The van der Waals surface area contributed by atoms with Crippen molar-refractivity contribution in [1.29, 1.82) is 0 Å². The number of ether oxygens (including phenoxy) is 1. The highest BCUT2D eigenvalue weighted by Crippen LogP contribution is 2.47. The molecule has 0 radical (unpaired) electrons. The number of nitrogens with one attached hydrogen (secondary N) is 1. The molecule has 0 aliphatic carbocycles. The summed E-state index contributed by atoms with van der Waals surface area (Å²) in [6, 6.07) is 23.6. The first-order valence-electron chi connectivity index (χ1n) is 10.4. The first-order chi connectivity index (χ1) is 15.5. The van der Waals surface area contributed by atoms with Gasteiger partial charge in [0.2, 0.25) is 5.91 Å². The number of nitrogens with zero attached hydrogens (tertiary/aromatic N) is 2. The van der Waals surface area contributed by atoms with E-state index in [4.69, 9.17) is 4.74 Å². The van der Waals surface area contributed by atoms with Crippen LogP contribution in [-0.4, -0.2) is 44.0 Å². The third kappa shape index (κ3) is 5.06. The van der Waals surface area contributed by atoms with Crippen LogP contribution in [0.15, 0.2) is 82.6 Å². The second kappa shape index (κ2) is 9.78. The number of amides is 2. The van der Waals surface area contributed by atoms with Gasteiger partial charge in [-0.25, -0.2) is 0 Å². The molecule has 3 aromatic carbocycles. The van der Waals surface area contributed by atoms with Gasteiger partial charge in [0, 0.05) is 42.5 Å². The van der Waals surface area contributed by atoms with Crippen molar-refractivity contribution in [3.8, 4) is 5.75 Å². The van der Waals surface area contributed by atoms with Crippen LogP contribution in [0.5, 0.6) is 5.75 Å². The lowest BCUT2D eigenvalue weighted by Crippen LogP contribution is -2.27. The van der Waals surface area contributed by atoms with Crippen LogP contribution in [0.2, 0.25) is 0 Å². The van der Waals surface area contributed by atoms with Crippen LogP contribution < -0.4 is 15.0 Å². The number of hydrogen-bond acceptors (Lipinski definition) is 5. The molecular weight excluding hydrogens is 422 g/mol. The lowest BCUT2D eigenvalue weighted by molar-refractivity contribution is -0.130. The Hall–Kier alpha value is -3.45. The Kier molecular flexibility index (Phi) is 6.66. The molecule has 0 fully saturated rings. The molecule has 0 unspecified atom stereocenters. The largest absolute Gasteiger partial charge is 0.484 e. The molecule has 164 valence electrons. The van der Waals surface area contributed by atoms with Gasteiger partial charge in [-0.2, -0.15) is 0 Å². The Morgan fingerprint density at radius 2 is 1.50 bits per heavy atom. The topological polar surface area (TPSA) is 61.9 Å². The van der Waals surface area contributed by atoms with Gasteiger partial charge in [-0.1, -0.05) is 36.0 Å². The number of rotatable bonds is 7. The molecular formula is C25H25N3O3S. The Bertz CT molecular complexity index is 1070. The van der Waals surface area contributed by atoms with E-state index < -0.39 is 0 Å². The molecule has 2 amide bonds. The van der Waals surface area contributed by atoms with Crippen molar-refractivity contribution in [2.75, 3.05) is 37.5 Å².